The van der Waals surface area contributed by atoms with Gasteiger partial charge in [-0.15, -0.1) is 0 Å². The Hall–Kier alpha value is -1.06. The first-order chi connectivity index (χ1) is 7.10. The van der Waals surface area contributed by atoms with Gasteiger partial charge in [0, 0.05) is 0 Å². The van der Waals surface area contributed by atoms with Gasteiger partial charge in [-0.1, -0.05) is 19.1 Å². The highest BCUT2D eigenvalue weighted by Gasteiger charge is 2.21. The van der Waals surface area contributed by atoms with Gasteiger partial charge in [0.05, 0.1) is 6.61 Å². The maximum absolute atomic E-state index is 8.73. The van der Waals surface area contributed by atoms with Crippen molar-refractivity contribution < 1.29 is 14.9 Å². The van der Waals surface area contributed by atoms with E-state index in [1.807, 2.05) is 24.3 Å². The largest absolute Gasteiger partial charge is 0.494 e. The van der Waals surface area contributed by atoms with Gasteiger partial charge < -0.3 is 4.74 Å². The molecule has 0 radical (unpaired) electrons. The summed E-state index contributed by atoms with van der Waals surface area (Å²) >= 11 is 0. The van der Waals surface area contributed by atoms with Crippen molar-refractivity contribution in [2.24, 2.45) is 0 Å². The molecule has 0 aromatic heterocycles. The van der Waals surface area contributed by atoms with Crippen molar-refractivity contribution >= 4 is 0 Å². The molecule has 0 amide bonds. The van der Waals surface area contributed by atoms with Crippen molar-refractivity contribution in [1.29, 1.82) is 0 Å². The molecule has 15 heavy (non-hydrogen) atoms. The first-order valence-corrected chi connectivity index (χ1v) is 5.16. The fraction of sp³-hybridized carbons (Fsp3) is 0.500. The van der Waals surface area contributed by atoms with E-state index >= 15 is 0 Å². The fourth-order valence-corrected chi connectivity index (χ4v) is 1.23. The molecule has 1 aromatic rings. The number of rotatable bonds is 5. The van der Waals surface area contributed by atoms with Gasteiger partial charge in [0.15, 0.2) is 0 Å². The summed E-state index contributed by atoms with van der Waals surface area (Å²) in [6, 6.07) is 7.54. The van der Waals surface area contributed by atoms with Crippen LogP contribution in [0, 0.1) is 0 Å². The highest BCUT2D eigenvalue weighted by atomic mass is 17.1. The SMILES string of the molecule is CCCOc1ccc(C(C)(C)OO)cc1. The fourth-order valence-electron chi connectivity index (χ4n) is 1.23. The van der Waals surface area contributed by atoms with E-state index < -0.39 is 5.60 Å². The number of hydrogen-bond donors (Lipinski definition) is 1. The molecular weight excluding hydrogens is 192 g/mol. The molecule has 0 unspecified atom stereocenters. The second-order valence-corrected chi connectivity index (χ2v) is 3.97. The molecule has 0 bridgehead atoms. The van der Waals surface area contributed by atoms with E-state index in [9.17, 15) is 0 Å². The highest BCUT2D eigenvalue weighted by Crippen LogP contribution is 2.25. The molecule has 0 saturated heterocycles. The summed E-state index contributed by atoms with van der Waals surface area (Å²) in [5, 5.41) is 8.73. The molecule has 0 heterocycles. The van der Waals surface area contributed by atoms with Gasteiger partial charge in [0.1, 0.15) is 11.4 Å². The zero-order chi connectivity index (χ0) is 11.3. The van der Waals surface area contributed by atoms with E-state index in [2.05, 4.69) is 11.8 Å². The van der Waals surface area contributed by atoms with Crippen LogP contribution in [0.1, 0.15) is 32.8 Å². The summed E-state index contributed by atoms with van der Waals surface area (Å²) in [5.74, 6) is 0.842. The van der Waals surface area contributed by atoms with Crippen LogP contribution in [0.3, 0.4) is 0 Å². The Morgan fingerprint density at radius 2 is 1.80 bits per heavy atom. The van der Waals surface area contributed by atoms with E-state index in [-0.39, 0.29) is 0 Å². The van der Waals surface area contributed by atoms with Crippen molar-refractivity contribution in [3.8, 4) is 5.75 Å². The molecule has 0 fully saturated rings. The van der Waals surface area contributed by atoms with Crippen LogP contribution in [-0.2, 0) is 10.5 Å². The lowest BCUT2D eigenvalue weighted by Gasteiger charge is -2.20. The van der Waals surface area contributed by atoms with Crippen molar-refractivity contribution in [2.75, 3.05) is 6.61 Å². The summed E-state index contributed by atoms with van der Waals surface area (Å²) in [4.78, 5) is 4.40. The number of ether oxygens (including phenoxy) is 1. The first kappa shape index (κ1) is 12.0. The second-order valence-electron chi connectivity index (χ2n) is 3.97. The molecule has 1 rings (SSSR count). The predicted molar refractivity (Wildman–Crippen MR) is 59.0 cm³/mol. The monoisotopic (exact) mass is 210 g/mol. The van der Waals surface area contributed by atoms with E-state index in [0.29, 0.717) is 0 Å². The van der Waals surface area contributed by atoms with Crippen LogP contribution in [0.4, 0.5) is 0 Å². The van der Waals surface area contributed by atoms with Crippen LogP contribution < -0.4 is 4.74 Å². The van der Waals surface area contributed by atoms with Crippen LogP contribution in [0.15, 0.2) is 24.3 Å². The molecule has 84 valence electrons. The predicted octanol–water partition coefficient (Wildman–Crippen LogP) is 3.20. The van der Waals surface area contributed by atoms with Crippen LogP contribution in [-0.4, -0.2) is 11.9 Å². The maximum atomic E-state index is 8.73. The molecule has 0 spiro atoms. The molecule has 3 heteroatoms. The van der Waals surface area contributed by atoms with Gasteiger partial charge >= 0.3 is 0 Å². The van der Waals surface area contributed by atoms with Crippen molar-refractivity contribution in [2.45, 2.75) is 32.8 Å². The molecule has 1 aromatic carbocycles. The third-order valence-corrected chi connectivity index (χ3v) is 2.25. The first-order valence-electron chi connectivity index (χ1n) is 5.16. The van der Waals surface area contributed by atoms with E-state index in [1.54, 1.807) is 13.8 Å². The lowest BCUT2D eigenvalue weighted by Crippen LogP contribution is -2.19. The van der Waals surface area contributed by atoms with Gasteiger partial charge in [-0.3, -0.25) is 5.26 Å². The van der Waals surface area contributed by atoms with Crippen molar-refractivity contribution in [3.63, 3.8) is 0 Å². The van der Waals surface area contributed by atoms with E-state index in [1.165, 1.54) is 0 Å². The molecule has 0 aliphatic heterocycles. The lowest BCUT2D eigenvalue weighted by atomic mass is 9.98. The highest BCUT2D eigenvalue weighted by molar-refractivity contribution is 5.30. The van der Waals surface area contributed by atoms with Gasteiger partial charge in [-0.05, 0) is 38.0 Å². The maximum Gasteiger partial charge on any atom is 0.123 e. The van der Waals surface area contributed by atoms with Gasteiger partial charge in [-0.25, -0.2) is 4.89 Å². The smallest absolute Gasteiger partial charge is 0.123 e. The third-order valence-electron chi connectivity index (χ3n) is 2.25. The minimum Gasteiger partial charge on any atom is -0.494 e. The quantitative estimate of drug-likeness (QED) is 0.599. The third kappa shape index (κ3) is 3.22. The Labute approximate surface area is 90.6 Å². The summed E-state index contributed by atoms with van der Waals surface area (Å²) in [7, 11) is 0. The summed E-state index contributed by atoms with van der Waals surface area (Å²) in [6.45, 7) is 6.39. The molecule has 0 aliphatic rings. The summed E-state index contributed by atoms with van der Waals surface area (Å²) in [5.41, 5.74) is 0.234. The van der Waals surface area contributed by atoms with Gasteiger partial charge in [0.2, 0.25) is 0 Å². The van der Waals surface area contributed by atoms with Gasteiger partial charge in [-0.2, -0.15) is 0 Å². The summed E-state index contributed by atoms with van der Waals surface area (Å²) < 4.78 is 5.45. The average Bonchev–Trinajstić information content (AvgIpc) is 2.27. The summed E-state index contributed by atoms with van der Waals surface area (Å²) in [6.07, 6.45) is 0.993. The standard InChI is InChI=1S/C12H18O3/c1-4-9-14-11-7-5-10(6-8-11)12(2,3)15-13/h5-8,13H,4,9H2,1-3H3. The Balaban J connectivity index is 2.72. The Bertz CT molecular complexity index is 290. The van der Waals surface area contributed by atoms with Crippen molar-refractivity contribution in [1.82, 2.24) is 0 Å². The van der Waals surface area contributed by atoms with Crippen LogP contribution in [0.2, 0.25) is 0 Å². The second kappa shape index (κ2) is 5.14. The van der Waals surface area contributed by atoms with E-state index in [0.717, 1.165) is 24.3 Å². The lowest BCUT2D eigenvalue weighted by molar-refractivity contribution is -0.318. The van der Waals surface area contributed by atoms with Gasteiger partial charge in [0.25, 0.3) is 0 Å². The minimum atomic E-state index is -0.677. The molecular formula is C12H18O3. The van der Waals surface area contributed by atoms with Crippen LogP contribution >= 0.6 is 0 Å². The number of hydrogen-bond acceptors (Lipinski definition) is 3. The average molecular weight is 210 g/mol. The Morgan fingerprint density at radius 3 is 2.27 bits per heavy atom. The Morgan fingerprint density at radius 1 is 1.20 bits per heavy atom. The number of benzene rings is 1. The molecule has 0 saturated carbocycles. The van der Waals surface area contributed by atoms with Crippen LogP contribution in [0.25, 0.3) is 0 Å². The minimum absolute atomic E-state index is 0.677. The topological polar surface area (TPSA) is 38.7 Å². The zero-order valence-electron chi connectivity index (χ0n) is 9.49. The molecule has 1 N–H and O–H groups in total. The molecule has 3 nitrogen and oxygen atoms in total. The molecule has 0 atom stereocenters. The van der Waals surface area contributed by atoms with Crippen LogP contribution in [0.5, 0.6) is 5.75 Å². The molecule has 0 aliphatic carbocycles. The Kier molecular flexibility index (Phi) is 4.12. The normalized spacial score (nSPS) is 11.5. The van der Waals surface area contributed by atoms with Crippen molar-refractivity contribution in [3.05, 3.63) is 29.8 Å². The van der Waals surface area contributed by atoms with E-state index in [4.69, 9.17) is 9.99 Å². The zero-order valence-corrected chi connectivity index (χ0v) is 9.49.